The Morgan fingerprint density at radius 1 is 1.47 bits per heavy atom. The molecule has 2 N–H and O–H groups in total. The van der Waals surface area contributed by atoms with E-state index in [2.05, 4.69) is 24.5 Å². The molecule has 2 aliphatic rings. The molecule has 0 spiro atoms. The summed E-state index contributed by atoms with van der Waals surface area (Å²) in [5.74, 6) is 0. The Bertz CT molecular complexity index is 212. The summed E-state index contributed by atoms with van der Waals surface area (Å²) in [6.45, 7) is 6.90. The molecule has 0 bridgehead atoms. The highest BCUT2D eigenvalue weighted by atomic mass is 16.5. The number of hydrogen-bond acceptors (Lipinski definition) is 3. The van der Waals surface area contributed by atoms with Gasteiger partial charge in [-0.05, 0) is 25.8 Å². The Morgan fingerprint density at radius 2 is 2.27 bits per heavy atom. The minimum absolute atomic E-state index is 0.299. The monoisotopic (exact) mass is 212 g/mol. The standard InChI is InChI=1S/C12H24N2O/c1-12(2)10(7-11(12)15-3)14-8-9-5-4-6-13-9/h9-11,13-14H,4-8H2,1-3H3. The first-order valence-corrected chi connectivity index (χ1v) is 6.14. The van der Waals surface area contributed by atoms with Crippen LogP contribution in [0.4, 0.5) is 0 Å². The highest BCUT2D eigenvalue weighted by Gasteiger charge is 2.48. The fourth-order valence-corrected chi connectivity index (χ4v) is 2.85. The lowest BCUT2D eigenvalue weighted by Crippen LogP contribution is -2.61. The van der Waals surface area contributed by atoms with Crippen molar-refractivity contribution in [3.63, 3.8) is 0 Å². The highest BCUT2D eigenvalue weighted by Crippen LogP contribution is 2.42. The fourth-order valence-electron chi connectivity index (χ4n) is 2.85. The van der Waals surface area contributed by atoms with Crippen LogP contribution in [0.25, 0.3) is 0 Å². The third-order valence-electron chi connectivity index (χ3n) is 4.24. The molecule has 0 amide bonds. The molecule has 0 aromatic rings. The zero-order valence-electron chi connectivity index (χ0n) is 10.2. The second kappa shape index (κ2) is 4.40. The lowest BCUT2D eigenvalue weighted by atomic mass is 9.64. The van der Waals surface area contributed by atoms with Crippen LogP contribution in [0, 0.1) is 5.41 Å². The maximum Gasteiger partial charge on any atom is 0.0652 e. The van der Waals surface area contributed by atoms with E-state index in [0.29, 0.717) is 23.6 Å². The van der Waals surface area contributed by atoms with E-state index in [4.69, 9.17) is 4.74 Å². The molecule has 3 nitrogen and oxygen atoms in total. The van der Waals surface area contributed by atoms with Gasteiger partial charge in [0.25, 0.3) is 0 Å². The molecule has 1 saturated carbocycles. The van der Waals surface area contributed by atoms with Gasteiger partial charge < -0.3 is 15.4 Å². The normalized spacial score (nSPS) is 39.0. The minimum Gasteiger partial charge on any atom is -0.381 e. The van der Waals surface area contributed by atoms with Crippen molar-refractivity contribution >= 4 is 0 Å². The Hall–Kier alpha value is -0.120. The summed E-state index contributed by atoms with van der Waals surface area (Å²) >= 11 is 0. The van der Waals surface area contributed by atoms with Gasteiger partial charge in [-0.15, -0.1) is 0 Å². The molecule has 3 atom stereocenters. The molecule has 88 valence electrons. The second-order valence-electron chi connectivity index (χ2n) is 5.54. The van der Waals surface area contributed by atoms with Crippen molar-refractivity contribution < 1.29 is 4.74 Å². The molecule has 2 rings (SSSR count). The molecule has 1 heterocycles. The number of nitrogens with one attached hydrogen (secondary N) is 2. The lowest BCUT2D eigenvalue weighted by molar-refractivity contribution is -0.0976. The van der Waals surface area contributed by atoms with Crippen molar-refractivity contribution in [1.82, 2.24) is 10.6 Å². The van der Waals surface area contributed by atoms with Gasteiger partial charge in [0.2, 0.25) is 0 Å². The van der Waals surface area contributed by atoms with E-state index >= 15 is 0 Å². The molecule has 0 aromatic carbocycles. The maximum atomic E-state index is 5.45. The lowest BCUT2D eigenvalue weighted by Gasteiger charge is -2.51. The molecule has 0 radical (unpaired) electrons. The van der Waals surface area contributed by atoms with Gasteiger partial charge in [-0.2, -0.15) is 0 Å². The van der Waals surface area contributed by atoms with E-state index in [0.717, 1.165) is 13.0 Å². The van der Waals surface area contributed by atoms with Crippen LogP contribution >= 0.6 is 0 Å². The zero-order chi connectivity index (χ0) is 10.9. The quantitative estimate of drug-likeness (QED) is 0.733. The number of ether oxygens (including phenoxy) is 1. The Morgan fingerprint density at radius 3 is 2.80 bits per heavy atom. The molecule has 1 aliphatic heterocycles. The smallest absolute Gasteiger partial charge is 0.0652 e. The average Bonchev–Trinajstić information content (AvgIpc) is 2.69. The van der Waals surface area contributed by atoms with Crippen LogP contribution in [0.15, 0.2) is 0 Å². The number of methoxy groups -OCH3 is 1. The minimum atomic E-state index is 0.299. The Kier molecular flexibility index (Phi) is 3.33. The molecule has 1 saturated heterocycles. The highest BCUT2D eigenvalue weighted by molar-refractivity contribution is 5.03. The van der Waals surface area contributed by atoms with Crippen molar-refractivity contribution in [3.05, 3.63) is 0 Å². The van der Waals surface area contributed by atoms with Crippen LogP contribution in [-0.4, -0.2) is 38.4 Å². The van der Waals surface area contributed by atoms with E-state index in [9.17, 15) is 0 Å². The third kappa shape index (κ3) is 2.19. The van der Waals surface area contributed by atoms with Crippen LogP contribution in [0.5, 0.6) is 0 Å². The average molecular weight is 212 g/mol. The number of hydrogen-bond donors (Lipinski definition) is 2. The summed E-state index contributed by atoms with van der Waals surface area (Å²) < 4.78 is 5.45. The van der Waals surface area contributed by atoms with Crippen LogP contribution in [0.2, 0.25) is 0 Å². The van der Waals surface area contributed by atoms with Gasteiger partial charge in [-0.1, -0.05) is 13.8 Å². The van der Waals surface area contributed by atoms with Crippen molar-refractivity contribution in [2.75, 3.05) is 20.2 Å². The number of rotatable bonds is 4. The first kappa shape index (κ1) is 11.4. The Balaban J connectivity index is 1.72. The van der Waals surface area contributed by atoms with Gasteiger partial charge in [0.05, 0.1) is 6.10 Å². The van der Waals surface area contributed by atoms with Gasteiger partial charge >= 0.3 is 0 Å². The van der Waals surface area contributed by atoms with E-state index in [1.54, 1.807) is 0 Å². The Labute approximate surface area is 93.0 Å². The molecular weight excluding hydrogens is 188 g/mol. The van der Waals surface area contributed by atoms with Gasteiger partial charge in [-0.3, -0.25) is 0 Å². The van der Waals surface area contributed by atoms with Crippen LogP contribution in [0.1, 0.15) is 33.1 Å². The van der Waals surface area contributed by atoms with E-state index in [1.807, 2.05) is 7.11 Å². The predicted octanol–water partition coefficient (Wildman–Crippen LogP) is 1.14. The molecular formula is C12H24N2O. The summed E-state index contributed by atoms with van der Waals surface area (Å²) in [5, 5.41) is 7.19. The first-order valence-electron chi connectivity index (χ1n) is 6.14. The summed E-state index contributed by atoms with van der Waals surface area (Å²) in [4.78, 5) is 0. The summed E-state index contributed by atoms with van der Waals surface area (Å²) in [5.41, 5.74) is 0.299. The van der Waals surface area contributed by atoms with Crippen molar-refractivity contribution in [1.29, 1.82) is 0 Å². The van der Waals surface area contributed by atoms with Crippen molar-refractivity contribution in [2.24, 2.45) is 5.41 Å². The summed E-state index contributed by atoms with van der Waals surface area (Å²) in [6.07, 6.45) is 4.26. The van der Waals surface area contributed by atoms with Gasteiger partial charge in [0.15, 0.2) is 0 Å². The molecule has 3 unspecified atom stereocenters. The van der Waals surface area contributed by atoms with Crippen LogP contribution in [0.3, 0.4) is 0 Å². The summed E-state index contributed by atoms with van der Waals surface area (Å²) in [6, 6.07) is 1.33. The predicted molar refractivity (Wildman–Crippen MR) is 62.0 cm³/mol. The molecule has 2 fully saturated rings. The molecule has 15 heavy (non-hydrogen) atoms. The topological polar surface area (TPSA) is 33.3 Å². The third-order valence-corrected chi connectivity index (χ3v) is 4.24. The van der Waals surface area contributed by atoms with Crippen LogP contribution in [-0.2, 0) is 4.74 Å². The largest absolute Gasteiger partial charge is 0.381 e. The molecule has 3 heteroatoms. The van der Waals surface area contributed by atoms with Gasteiger partial charge in [-0.25, -0.2) is 0 Å². The first-order chi connectivity index (χ1) is 7.14. The second-order valence-corrected chi connectivity index (χ2v) is 5.54. The zero-order valence-corrected chi connectivity index (χ0v) is 10.2. The molecule has 1 aliphatic carbocycles. The van der Waals surface area contributed by atoms with Crippen molar-refractivity contribution in [3.8, 4) is 0 Å². The molecule has 0 aromatic heterocycles. The van der Waals surface area contributed by atoms with E-state index in [1.165, 1.54) is 19.4 Å². The van der Waals surface area contributed by atoms with E-state index in [-0.39, 0.29) is 0 Å². The SMILES string of the molecule is COC1CC(NCC2CCCN2)C1(C)C. The van der Waals surface area contributed by atoms with E-state index < -0.39 is 0 Å². The summed E-state index contributed by atoms with van der Waals surface area (Å²) in [7, 11) is 1.82. The van der Waals surface area contributed by atoms with Gasteiger partial charge in [0, 0.05) is 31.2 Å². The van der Waals surface area contributed by atoms with Crippen molar-refractivity contribution in [2.45, 2.75) is 51.3 Å². The van der Waals surface area contributed by atoms with Gasteiger partial charge in [0.1, 0.15) is 0 Å². The maximum absolute atomic E-state index is 5.45. The van der Waals surface area contributed by atoms with Crippen LogP contribution < -0.4 is 10.6 Å². The fraction of sp³-hybridized carbons (Fsp3) is 1.00.